The number of nitrogens with zero attached hydrogens (tertiary/aromatic N) is 1. The third kappa shape index (κ3) is 3.43. The largest absolute Gasteiger partial charge is 0.480 e. The van der Waals surface area contributed by atoms with Crippen LogP contribution in [0.25, 0.3) is 0 Å². The molecular weight excluding hydrogens is 251 g/mol. The number of anilines is 1. The molecule has 5 nitrogen and oxygen atoms in total. The van der Waals surface area contributed by atoms with Gasteiger partial charge in [-0.15, -0.1) is 0 Å². The Kier molecular flexibility index (Phi) is 3.69. The van der Waals surface area contributed by atoms with Crippen molar-refractivity contribution in [2.75, 3.05) is 11.9 Å². The van der Waals surface area contributed by atoms with Crippen molar-refractivity contribution in [1.82, 2.24) is 4.90 Å². The minimum atomic E-state index is -1.04. The van der Waals surface area contributed by atoms with Gasteiger partial charge >= 0.3 is 12.0 Å². The number of urea groups is 1. The first-order chi connectivity index (χ1) is 8.97. The van der Waals surface area contributed by atoms with Crippen molar-refractivity contribution >= 4 is 17.7 Å². The van der Waals surface area contributed by atoms with Gasteiger partial charge in [-0.1, -0.05) is 0 Å². The first-order valence-electron chi connectivity index (χ1n) is 6.03. The predicted octanol–water partition coefficient (Wildman–Crippen LogP) is 2.22. The van der Waals surface area contributed by atoms with Gasteiger partial charge < -0.3 is 15.3 Å². The summed E-state index contributed by atoms with van der Waals surface area (Å²) >= 11 is 0. The first kappa shape index (κ1) is 13.3. The van der Waals surface area contributed by atoms with E-state index in [0.29, 0.717) is 11.3 Å². The van der Waals surface area contributed by atoms with Crippen LogP contribution < -0.4 is 5.32 Å². The van der Waals surface area contributed by atoms with E-state index in [0.717, 1.165) is 12.8 Å². The SMILES string of the molecule is Cc1cc(F)ccc1NC(=O)N(CC(=O)O)C1CC1. The van der Waals surface area contributed by atoms with Crippen molar-refractivity contribution in [3.05, 3.63) is 29.6 Å². The smallest absolute Gasteiger partial charge is 0.323 e. The molecule has 0 aromatic heterocycles. The van der Waals surface area contributed by atoms with Crippen molar-refractivity contribution in [3.8, 4) is 0 Å². The lowest BCUT2D eigenvalue weighted by Gasteiger charge is -2.21. The number of carboxylic acids is 1. The van der Waals surface area contributed by atoms with Crippen LogP contribution in [-0.4, -0.2) is 34.6 Å². The number of benzene rings is 1. The van der Waals surface area contributed by atoms with Crippen LogP contribution in [0.15, 0.2) is 18.2 Å². The van der Waals surface area contributed by atoms with E-state index in [1.54, 1.807) is 6.92 Å². The molecule has 0 atom stereocenters. The highest BCUT2D eigenvalue weighted by atomic mass is 19.1. The van der Waals surface area contributed by atoms with Gasteiger partial charge in [0.2, 0.25) is 0 Å². The molecule has 1 aliphatic rings. The van der Waals surface area contributed by atoms with Gasteiger partial charge in [0.05, 0.1) is 0 Å². The number of halogens is 1. The number of amides is 2. The summed E-state index contributed by atoms with van der Waals surface area (Å²) in [7, 11) is 0. The zero-order chi connectivity index (χ0) is 14.0. The predicted molar refractivity (Wildman–Crippen MR) is 67.5 cm³/mol. The second-order valence-corrected chi connectivity index (χ2v) is 4.64. The fourth-order valence-corrected chi connectivity index (χ4v) is 1.85. The van der Waals surface area contributed by atoms with Crippen LogP contribution in [0.5, 0.6) is 0 Å². The zero-order valence-corrected chi connectivity index (χ0v) is 10.5. The zero-order valence-electron chi connectivity index (χ0n) is 10.5. The highest BCUT2D eigenvalue weighted by Crippen LogP contribution is 2.27. The molecule has 102 valence electrons. The number of carbonyl (C=O) groups is 2. The molecule has 1 aliphatic carbocycles. The fraction of sp³-hybridized carbons (Fsp3) is 0.385. The molecule has 0 saturated heterocycles. The van der Waals surface area contributed by atoms with Crippen molar-refractivity contribution in [2.45, 2.75) is 25.8 Å². The molecule has 0 radical (unpaired) electrons. The van der Waals surface area contributed by atoms with E-state index in [2.05, 4.69) is 5.32 Å². The summed E-state index contributed by atoms with van der Waals surface area (Å²) in [6.07, 6.45) is 1.65. The number of hydrogen-bond donors (Lipinski definition) is 2. The maximum atomic E-state index is 13.0. The molecular formula is C13H15FN2O3. The van der Waals surface area contributed by atoms with E-state index in [1.807, 2.05) is 0 Å². The Morgan fingerprint density at radius 2 is 2.16 bits per heavy atom. The summed E-state index contributed by atoms with van der Waals surface area (Å²) in [6, 6.07) is 3.57. The Balaban J connectivity index is 2.07. The average Bonchev–Trinajstić information content (AvgIpc) is 3.13. The van der Waals surface area contributed by atoms with Crippen LogP contribution in [0.3, 0.4) is 0 Å². The molecule has 19 heavy (non-hydrogen) atoms. The average molecular weight is 266 g/mol. The standard InChI is InChI=1S/C13H15FN2O3/c1-8-6-9(14)2-5-11(8)15-13(19)16(7-12(17)18)10-3-4-10/h2,5-6,10H,3-4,7H2,1H3,(H,15,19)(H,17,18). The molecule has 1 saturated carbocycles. The Labute approximate surface area is 110 Å². The Hall–Kier alpha value is -2.11. The third-order valence-electron chi connectivity index (χ3n) is 2.98. The molecule has 0 heterocycles. The molecule has 1 aromatic rings. The quantitative estimate of drug-likeness (QED) is 0.877. The summed E-state index contributed by atoms with van der Waals surface area (Å²) in [4.78, 5) is 24.1. The normalized spacial score (nSPS) is 14.0. The first-order valence-corrected chi connectivity index (χ1v) is 6.03. The van der Waals surface area contributed by atoms with Crippen molar-refractivity contribution < 1.29 is 19.1 Å². The summed E-state index contributed by atoms with van der Waals surface area (Å²) in [5.41, 5.74) is 1.09. The van der Waals surface area contributed by atoms with E-state index in [1.165, 1.54) is 23.1 Å². The maximum absolute atomic E-state index is 13.0. The van der Waals surface area contributed by atoms with Crippen LogP contribution in [-0.2, 0) is 4.79 Å². The number of aryl methyl sites for hydroxylation is 1. The van der Waals surface area contributed by atoms with Gasteiger partial charge in [0.25, 0.3) is 0 Å². The molecule has 0 bridgehead atoms. The molecule has 2 rings (SSSR count). The lowest BCUT2D eigenvalue weighted by molar-refractivity contribution is -0.137. The molecule has 0 aliphatic heterocycles. The Morgan fingerprint density at radius 1 is 1.47 bits per heavy atom. The van der Waals surface area contributed by atoms with Crippen LogP contribution in [0, 0.1) is 12.7 Å². The number of nitrogens with one attached hydrogen (secondary N) is 1. The van der Waals surface area contributed by atoms with Gasteiger partial charge in [-0.3, -0.25) is 4.79 Å². The molecule has 2 amide bonds. The second kappa shape index (κ2) is 5.26. The highest BCUT2D eigenvalue weighted by Gasteiger charge is 2.34. The molecule has 2 N–H and O–H groups in total. The van der Waals surface area contributed by atoms with Gasteiger partial charge in [0, 0.05) is 11.7 Å². The van der Waals surface area contributed by atoms with Gasteiger partial charge in [0.1, 0.15) is 12.4 Å². The van der Waals surface area contributed by atoms with E-state index in [4.69, 9.17) is 5.11 Å². The van der Waals surface area contributed by atoms with Gasteiger partial charge in [0.15, 0.2) is 0 Å². The summed E-state index contributed by atoms with van der Waals surface area (Å²) in [6.45, 7) is 1.36. The van der Waals surface area contributed by atoms with Gasteiger partial charge in [-0.25, -0.2) is 9.18 Å². The van der Waals surface area contributed by atoms with Crippen molar-refractivity contribution in [1.29, 1.82) is 0 Å². The molecule has 6 heteroatoms. The van der Waals surface area contributed by atoms with Crippen molar-refractivity contribution in [2.24, 2.45) is 0 Å². The van der Waals surface area contributed by atoms with E-state index < -0.39 is 12.0 Å². The second-order valence-electron chi connectivity index (χ2n) is 4.64. The van der Waals surface area contributed by atoms with Gasteiger partial charge in [-0.2, -0.15) is 0 Å². The number of hydrogen-bond acceptors (Lipinski definition) is 2. The van der Waals surface area contributed by atoms with Crippen molar-refractivity contribution in [3.63, 3.8) is 0 Å². The fourth-order valence-electron chi connectivity index (χ4n) is 1.85. The summed E-state index contributed by atoms with van der Waals surface area (Å²) in [5.74, 6) is -1.42. The lowest BCUT2D eigenvalue weighted by atomic mass is 10.2. The Bertz CT molecular complexity index is 515. The van der Waals surface area contributed by atoms with E-state index in [-0.39, 0.29) is 18.4 Å². The summed E-state index contributed by atoms with van der Waals surface area (Å²) in [5, 5.41) is 11.4. The van der Waals surface area contributed by atoms with Crippen LogP contribution in [0.4, 0.5) is 14.9 Å². The van der Waals surface area contributed by atoms with E-state index >= 15 is 0 Å². The van der Waals surface area contributed by atoms with Gasteiger partial charge in [-0.05, 0) is 43.5 Å². The minimum Gasteiger partial charge on any atom is -0.480 e. The van der Waals surface area contributed by atoms with E-state index in [9.17, 15) is 14.0 Å². The number of aliphatic carboxylic acids is 1. The molecule has 1 fully saturated rings. The Morgan fingerprint density at radius 3 is 2.68 bits per heavy atom. The lowest BCUT2D eigenvalue weighted by Crippen LogP contribution is -2.40. The number of carbonyl (C=O) groups excluding carboxylic acids is 1. The monoisotopic (exact) mass is 266 g/mol. The van der Waals surface area contributed by atoms with Crippen LogP contribution >= 0.6 is 0 Å². The minimum absolute atomic E-state index is 0.00291. The maximum Gasteiger partial charge on any atom is 0.323 e. The highest BCUT2D eigenvalue weighted by molar-refractivity contribution is 5.92. The van der Waals surface area contributed by atoms with Crippen LogP contribution in [0.1, 0.15) is 18.4 Å². The topological polar surface area (TPSA) is 69.6 Å². The third-order valence-corrected chi connectivity index (χ3v) is 2.98. The number of rotatable bonds is 4. The molecule has 0 unspecified atom stereocenters. The molecule has 0 spiro atoms. The van der Waals surface area contributed by atoms with Crippen LogP contribution in [0.2, 0.25) is 0 Å². The number of carboxylic acid groups (broad SMARTS) is 1. The molecule has 1 aromatic carbocycles. The summed E-state index contributed by atoms with van der Waals surface area (Å²) < 4.78 is 13.0.